The van der Waals surface area contributed by atoms with Crippen LogP contribution in [-0.2, 0) is 4.74 Å². The van der Waals surface area contributed by atoms with Gasteiger partial charge in [-0.2, -0.15) is 0 Å². The number of halogens is 2. The maximum Gasteiger partial charge on any atom is 0.223 e. The van der Waals surface area contributed by atoms with E-state index in [9.17, 15) is 4.39 Å². The molecule has 1 heterocycles. The van der Waals surface area contributed by atoms with E-state index in [1.807, 2.05) is 0 Å². The first-order valence-electron chi connectivity index (χ1n) is 4.70. The SMILES string of the molecule is CCCCO/C=C\c1nc(Cl)ncc1F. The number of aromatic nitrogens is 2. The van der Waals surface area contributed by atoms with Gasteiger partial charge in [-0.05, 0) is 18.0 Å². The van der Waals surface area contributed by atoms with Crippen LogP contribution in [0.2, 0.25) is 5.28 Å². The van der Waals surface area contributed by atoms with Gasteiger partial charge in [-0.15, -0.1) is 0 Å². The molecule has 0 aliphatic rings. The Hall–Kier alpha value is -1.16. The fraction of sp³-hybridized carbons (Fsp3) is 0.400. The van der Waals surface area contributed by atoms with Gasteiger partial charge in [-0.1, -0.05) is 13.3 Å². The molecule has 0 amide bonds. The number of hydrogen-bond acceptors (Lipinski definition) is 3. The van der Waals surface area contributed by atoms with Crippen LogP contribution in [0.3, 0.4) is 0 Å². The zero-order chi connectivity index (χ0) is 11.1. The van der Waals surface area contributed by atoms with Crippen molar-refractivity contribution in [1.82, 2.24) is 9.97 Å². The second-order valence-electron chi connectivity index (χ2n) is 2.90. The van der Waals surface area contributed by atoms with Crippen LogP contribution in [-0.4, -0.2) is 16.6 Å². The highest BCUT2D eigenvalue weighted by atomic mass is 35.5. The average molecular weight is 231 g/mol. The molecule has 0 saturated carbocycles. The molecule has 5 heteroatoms. The van der Waals surface area contributed by atoms with Gasteiger partial charge in [-0.25, -0.2) is 14.4 Å². The van der Waals surface area contributed by atoms with Gasteiger partial charge in [0.05, 0.1) is 19.1 Å². The highest BCUT2D eigenvalue weighted by molar-refractivity contribution is 6.28. The highest BCUT2D eigenvalue weighted by Crippen LogP contribution is 2.08. The topological polar surface area (TPSA) is 35.0 Å². The number of unbranched alkanes of at least 4 members (excludes halogenated alkanes) is 1. The van der Waals surface area contributed by atoms with E-state index in [0.717, 1.165) is 19.0 Å². The Morgan fingerprint density at radius 1 is 1.60 bits per heavy atom. The van der Waals surface area contributed by atoms with Gasteiger partial charge in [0.15, 0.2) is 5.82 Å². The highest BCUT2D eigenvalue weighted by Gasteiger charge is 2.01. The van der Waals surface area contributed by atoms with Gasteiger partial charge < -0.3 is 4.74 Å². The lowest BCUT2D eigenvalue weighted by atomic mass is 10.4. The molecule has 0 unspecified atom stereocenters. The van der Waals surface area contributed by atoms with Gasteiger partial charge in [0.1, 0.15) is 5.69 Å². The summed E-state index contributed by atoms with van der Waals surface area (Å²) in [4.78, 5) is 7.20. The third-order valence-corrected chi connectivity index (χ3v) is 1.86. The van der Waals surface area contributed by atoms with Crippen LogP contribution >= 0.6 is 11.6 Å². The van der Waals surface area contributed by atoms with Crippen molar-refractivity contribution >= 4 is 17.7 Å². The molecular weight excluding hydrogens is 219 g/mol. The van der Waals surface area contributed by atoms with Gasteiger partial charge in [0.25, 0.3) is 0 Å². The molecule has 82 valence electrons. The van der Waals surface area contributed by atoms with Crippen molar-refractivity contribution < 1.29 is 9.13 Å². The Morgan fingerprint density at radius 3 is 3.13 bits per heavy atom. The fourth-order valence-corrected chi connectivity index (χ4v) is 1.02. The molecule has 0 saturated heterocycles. The quantitative estimate of drug-likeness (QED) is 0.443. The molecule has 0 radical (unpaired) electrons. The van der Waals surface area contributed by atoms with Crippen molar-refractivity contribution in [3.8, 4) is 0 Å². The lowest BCUT2D eigenvalue weighted by Gasteiger charge is -1.98. The molecule has 0 aromatic carbocycles. The van der Waals surface area contributed by atoms with E-state index < -0.39 is 5.82 Å². The van der Waals surface area contributed by atoms with Gasteiger partial charge in [0.2, 0.25) is 5.28 Å². The van der Waals surface area contributed by atoms with Crippen LogP contribution in [0.5, 0.6) is 0 Å². The van der Waals surface area contributed by atoms with E-state index in [2.05, 4.69) is 16.9 Å². The number of rotatable bonds is 5. The number of nitrogens with zero attached hydrogens (tertiary/aromatic N) is 2. The van der Waals surface area contributed by atoms with E-state index in [4.69, 9.17) is 16.3 Å². The monoisotopic (exact) mass is 230 g/mol. The summed E-state index contributed by atoms with van der Waals surface area (Å²) in [6.45, 7) is 2.68. The Balaban J connectivity index is 2.52. The van der Waals surface area contributed by atoms with Crippen LogP contribution in [0.4, 0.5) is 4.39 Å². The summed E-state index contributed by atoms with van der Waals surface area (Å²) in [5, 5.41) is 0.0182. The van der Waals surface area contributed by atoms with Crippen LogP contribution < -0.4 is 0 Å². The van der Waals surface area contributed by atoms with Gasteiger partial charge in [-0.3, -0.25) is 0 Å². The molecule has 0 aliphatic carbocycles. The van der Waals surface area contributed by atoms with Crippen LogP contribution in [0.25, 0.3) is 6.08 Å². The zero-order valence-corrected chi connectivity index (χ0v) is 9.17. The molecule has 0 N–H and O–H groups in total. The van der Waals surface area contributed by atoms with E-state index >= 15 is 0 Å². The predicted molar refractivity (Wildman–Crippen MR) is 56.9 cm³/mol. The smallest absolute Gasteiger partial charge is 0.223 e. The maximum absolute atomic E-state index is 13.1. The first kappa shape index (κ1) is 11.9. The molecule has 0 spiro atoms. The van der Waals surface area contributed by atoms with Crippen molar-refractivity contribution in [1.29, 1.82) is 0 Å². The standard InChI is InChI=1S/C10H12ClFN2O/c1-2-3-5-15-6-4-9-8(12)7-13-10(11)14-9/h4,6-7H,2-3,5H2,1H3/b6-4-. The molecule has 0 atom stereocenters. The normalized spacial score (nSPS) is 10.9. The number of ether oxygens (including phenoxy) is 1. The van der Waals surface area contributed by atoms with Crippen LogP contribution in [0.1, 0.15) is 25.5 Å². The Kier molecular flexibility index (Phi) is 5.04. The molecule has 1 rings (SSSR count). The summed E-state index contributed by atoms with van der Waals surface area (Å²) in [5.74, 6) is -0.519. The first-order valence-corrected chi connectivity index (χ1v) is 5.08. The molecule has 0 aliphatic heterocycles. The lowest BCUT2D eigenvalue weighted by Crippen LogP contribution is -1.92. The number of hydrogen-bond donors (Lipinski definition) is 0. The Morgan fingerprint density at radius 2 is 2.40 bits per heavy atom. The molecule has 1 aromatic heterocycles. The van der Waals surface area contributed by atoms with E-state index in [0.29, 0.717) is 6.61 Å². The van der Waals surface area contributed by atoms with E-state index in [1.165, 1.54) is 12.3 Å². The second-order valence-corrected chi connectivity index (χ2v) is 3.24. The predicted octanol–water partition coefficient (Wildman–Crippen LogP) is 3.06. The summed E-state index contributed by atoms with van der Waals surface area (Å²) in [6.07, 6.45) is 5.90. The molecule has 0 fully saturated rings. The van der Waals surface area contributed by atoms with Crippen molar-refractivity contribution in [2.75, 3.05) is 6.61 Å². The van der Waals surface area contributed by atoms with Crippen molar-refractivity contribution in [3.63, 3.8) is 0 Å². The van der Waals surface area contributed by atoms with Crippen molar-refractivity contribution in [3.05, 3.63) is 29.3 Å². The second kappa shape index (κ2) is 6.35. The Labute approximate surface area is 93.0 Å². The Bertz CT molecular complexity index is 344. The summed E-state index contributed by atoms with van der Waals surface area (Å²) >= 11 is 5.52. The molecule has 3 nitrogen and oxygen atoms in total. The average Bonchev–Trinajstić information content (AvgIpc) is 2.23. The summed E-state index contributed by atoms with van der Waals surface area (Å²) in [5.41, 5.74) is 0.131. The van der Waals surface area contributed by atoms with Crippen LogP contribution in [0, 0.1) is 5.82 Å². The third kappa shape index (κ3) is 4.25. The van der Waals surface area contributed by atoms with Gasteiger partial charge in [0, 0.05) is 6.08 Å². The minimum atomic E-state index is -0.519. The summed E-state index contributed by atoms with van der Waals surface area (Å²) in [6, 6.07) is 0. The summed E-state index contributed by atoms with van der Waals surface area (Å²) < 4.78 is 18.2. The molecule has 15 heavy (non-hydrogen) atoms. The zero-order valence-electron chi connectivity index (χ0n) is 8.41. The lowest BCUT2D eigenvalue weighted by molar-refractivity contribution is 0.246. The third-order valence-electron chi connectivity index (χ3n) is 1.68. The minimum absolute atomic E-state index is 0.0182. The molecule has 1 aromatic rings. The minimum Gasteiger partial charge on any atom is -0.501 e. The van der Waals surface area contributed by atoms with E-state index in [1.54, 1.807) is 0 Å². The van der Waals surface area contributed by atoms with E-state index in [-0.39, 0.29) is 11.0 Å². The van der Waals surface area contributed by atoms with Gasteiger partial charge >= 0.3 is 0 Å². The van der Waals surface area contributed by atoms with Crippen LogP contribution in [0.15, 0.2) is 12.5 Å². The largest absolute Gasteiger partial charge is 0.501 e. The summed E-state index contributed by atoms with van der Waals surface area (Å²) in [7, 11) is 0. The fourth-order valence-electron chi connectivity index (χ4n) is 0.883. The van der Waals surface area contributed by atoms with Crippen molar-refractivity contribution in [2.24, 2.45) is 0 Å². The maximum atomic E-state index is 13.1. The first-order chi connectivity index (χ1) is 7.24. The molecule has 0 bridgehead atoms. The molecular formula is C10H12ClFN2O. The van der Waals surface area contributed by atoms with Crippen molar-refractivity contribution in [2.45, 2.75) is 19.8 Å².